The Morgan fingerprint density at radius 3 is 2.62 bits per heavy atom. The molecule has 0 bridgehead atoms. The lowest BCUT2D eigenvalue weighted by Gasteiger charge is -2.19. The molecule has 0 saturated carbocycles. The largest absolute Gasteiger partial charge is 0.459 e. The highest BCUT2D eigenvalue weighted by Crippen LogP contribution is 2.10. The monoisotopic (exact) mass is 186 g/mol. The van der Waals surface area contributed by atoms with Gasteiger partial charge in [0, 0.05) is 0 Å². The van der Waals surface area contributed by atoms with Gasteiger partial charge in [0.05, 0.1) is 6.20 Å². The first-order valence-corrected chi connectivity index (χ1v) is 3.82. The summed E-state index contributed by atoms with van der Waals surface area (Å²) >= 11 is 0. The number of rotatable bonds is 1. The molecular weight excluding hydrogens is 175 g/mol. The van der Waals surface area contributed by atoms with Gasteiger partial charge in [-0.1, -0.05) is 0 Å². The number of H-pyrrole nitrogens is 1. The van der Waals surface area contributed by atoms with Gasteiger partial charge < -0.3 is 4.74 Å². The molecule has 13 heavy (non-hydrogen) atoms. The zero-order valence-electron chi connectivity index (χ0n) is 7.72. The third kappa shape index (κ3) is 2.85. The maximum Gasteiger partial charge on any atom is 0.297 e. The Hall–Kier alpha value is -1.39. The Morgan fingerprint density at radius 2 is 2.15 bits per heavy atom. The van der Waals surface area contributed by atoms with Crippen LogP contribution in [0, 0.1) is 5.82 Å². The Morgan fingerprint density at radius 1 is 1.54 bits per heavy atom. The molecule has 0 aliphatic carbocycles. The van der Waals surface area contributed by atoms with E-state index in [0.29, 0.717) is 0 Å². The van der Waals surface area contributed by atoms with Gasteiger partial charge in [-0.15, -0.1) is 0 Å². The lowest BCUT2D eigenvalue weighted by molar-refractivity contribution is 0.116. The van der Waals surface area contributed by atoms with Gasteiger partial charge in [-0.05, 0) is 20.8 Å². The predicted molar refractivity (Wildman–Crippen MR) is 45.2 cm³/mol. The van der Waals surface area contributed by atoms with Gasteiger partial charge in [0.25, 0.3) is 11.6 Å². The van der Waals surface area contributed by atoms with Gasteiger partial charge in [0.15, 0.2) is 0 Å². The Labute approximate surface area is 74.8 Å². The summed E-state index contributed by atoms with van der Waals surface area (Å²) in [5.74, 6) is -0.916. The average molecular weight is 186 g/mol. The molecule has 72 valence electrons. The lowest BCUT2D eigenvalue weighted by atomic mass is 10.2. The summed E-state index contributed by atoms with van der Waals surface area (Å²) in [6.45, 7) is 5.41. The van der Waals surface area contributed by atoms with E-state index in [1.807, 2.05) is 0 Å². The van der Waals surface area contributed by atoms with Crippen molar-refractivity contribution in [3.8, 4) is 6.01 Å². The summed E-state index contributed by atoms with van der Waals surface area (Å²) in [7, 11) is 0. The highest BCUT2D eigenvalue weighted by atomic mass is 19.1. The second kappa shape index (κ2) is 3.16. The summed E-state index contributed by atoms with van der Waals surface area (Å²) in [6, 6.07) is 0.0268. The minimum absolute atomic E-state index is 0.0268. The number of nitrogens with one attached hydrogen (secondary N) is 1. The summed E-state index contributed by atoms with van der Waals surface area (Å²) in [6.07, 6.45) is 0.833. The molecule has 1 aromatic rings. The van der Waals surface area contributed by atoms with Crippen molar-refractivity contribution < 1.29 is 9.13 Å². The molecule has 0 unspecified atom stereocenters. The first-order chi connectivity index (χ1) is 5.88. The van der Waals surface area contributed by atoms with E-state index in [-0.39, 0.29) is 6.01 Å². The van der Waals surface area contributed by atoms with Crippen molar-refractivity contribution in [1.29, 1.82) is 0 Å². The molecule has 0 fully saturated rings. The van der Waals surface area contributed by atoms with Gasteiger partial charge in [-0.3, -0.25) is 9.78 Å². The van der Waals surface area contributed by atoms with Crippen LogP contribution in [0.1, 0.15) is 20.8 Å². The number of aromatic amines is 1. The molecule has 0 amide bonds. The summed E-state index contributed by atoms with van der Waals surface area (Å²) in [5, 5.41) is 0. The zero-order chi connectivity index (χ0) is 10.1. The number of aromatic nitrogens is 2. The molecule has 1 heterocycles. The number of hydrogen-bond acceptors (Lipinski definition) is 3. The van der Waals surface area contributed by atoms with Gasteiger partial charge in [0.2, 0.25) is 5.82 Å². The van der Waals surface area contributed by atoms with E-state index >= 15 is 0 Å². The molecule has 1 aromatic heterocycles. The topological polar surface area (TPSA) is 55.0 Å². The molecule has 1 rings (SSSR count). The molecule has 0 radical (unpaired) electrons. The highest BCUT2D eigenvalue weighted by molar-refractivity contribution is 4.97. The minimum Gasteiger partial charge on any atom is -0.459 e. The molecule has 4 nitrogen and oxygen atoms in total. The van der Waals surface area contributed by atoms with Crippen LogP contribution < -0.4 is 10.3 Å². The van der Waals surface area contributed by atoms with E-state index in [1.165, 1.54) is 0 Å². The Balaban J connectivity index is 2.93. The SMILES string of the molecule is CC(C)(C)Oc1ncc(F)c(=O)[nH]1. The van der Waals surface area contributed by atoms with Gasteiger partial charge in [-0.25, -0.2) is 4.98 Å². The Bertz CT molecular complexity index is 354. The molecular formula is C8H11FN2O2. The van der Waals surface area contributed by atoms with Gasteiger partial charge in [0.1, 0.15) is 5.60 Å². The summed E-state index contributed by atoms with van der Waals surface area (Å²) in [4.78, 5) is 16.5. The van der Waals surface area contributed by atoms with Crippen molar-refractivity contribution in [3.05, 3.63) is 22.4 Å². The third-order valence-corrected chi connectivity index (χ3v) is 1.14. The van der Waals surface area contributed by atoms with Gasteiger partial charge >= 0.3 is 0 Å². The van der Waals surface area contributed by atoms with Crippen molar-refractivity contribution >= 4 is 0 Å². The average Bonchev–Trinajstić information content (AvgIpc) is 1.94. The van der Waals surface area contributed by atoms with Crippen LogP contribution in [0.2, 0.25) is 0 Å². The van der Waals surface area contributed by atoms with Crippen LogP contribution in [0.4, 0.5) is 4.39 Å². The molecule has 1 N–H and O–H groups in total. The van der Waals surface area contributed by atoms with Crippen LogP contribution in [-0.2, 0) is 0 Å². The summed E-state index contributed by atoms with van der Waals surface area (Å²) in [5.41, 5.74) is -1.29. The first-order valence-electron chi connectivity index (χ1n) is 3.82. The first kappa shape index (κ1) is 9.70. The third-order valence-electron chi connectivity index (χ3n) is 1.14. The van der Waals surface area contributed by atoms with E-state index in [2.05, 4.69) is 9.97 Å². The standard InChI is InChI=1S/C8H11FN2O2/c1-8(2,3)13-7-10-4-5(9)6(12)11-7/h4H,1-3H3,(H,10,11,12). The molecule has 0 saturated heterocycles. The lowest BCUT2D eigenvalue weighted by Crippen LogP contribution is -2.26. The Kier molecular flexibility index (Phi) is 2.36. The van der Waals surface area contributed by atoms with Crippen LogP contribution in [0.3, 0.4) is 0 Å². The highest BCUT2D eigenvalue weighted by Gasteiger charge is 2.13. The van der Waals surface area contributed by atoms with E-state index in [0.717, 1.165) is 6.20 Å². The smallest absolute Gasteiger partial charge is 0.297 e. The summed E-state index contributed by atoms with van der Waals surface area (Å²) < 4.78 is 17.7. The van der Waals surface area contributed by atoms with E-state index in [4.69, 9.17) is 4.74 Å². The fourth-order valence-corrected chi connectivity index (χ4v) is 0.705. The van der Waals surface area contributed by atoms with Crippen LogP contribution in [0.15, 0.2) is 11.0 Å². The molecule has 5 heteroatoms. The van der Waals surface area contributed by atoms with Gasteiger partial charge in [-0.2, -0.15) is 4.39 Å². The maximum atomic E-state index is 12.5. The second-order valence-corrected chi connectivity index (χ2v) is 3.58. The number of halogens is 1. The normalized spacial score (nSPS) is 11.4. The minimum atomic E-state index is -0.916. The second-order valence-electron chi connectivity index (χ2n) is 3.58. The molecule has 0 spiro atoms. The van der Waals surface area contributed by atoms with Crippen molar-refractivity contribution in [2.24, 2.45) is 0 Å². The molecule has 0 atom stereocenters. The molecule has 0 aliphatic rings. The van der Waals surface area contributed by atoms with E-state index < -0.39 is 17.0 Å². The predicted octanol–water partition coefficient (Wildman–Crippen LogP) is 1.09. The fraction of sp³-hybridized carbons (Fsp3) is 0.500. The van der Waals surface area contributed by atoms with E-state index in [1.54, 1.807) is 20.8 Å². The van der Waals surface area contributed by atoms with Crippen molar-refractivity contribution in [1.82, 2.24) is 9.97 Å². The van der Waals surface area contributed by atoms with Crippen LogP contribution >= 0.6 is 0 Å². The number of hydrogen-bond donors (Lipinski definition) is 1. The number of ether oxygens (including phenoxy) is 1. The van der Waals surface area contributed by atoms with Crippen LogP contribution in [0.25, 0.3) is 0 Å². The quantitative estimate of drug-likeness (QED) is 0.714. The van der Waals surface area contributed by atoms with Crippen molar-refractivity contribution in [2.45, 2.75) is 26.4 Å². The molecule has 0 aromatic carbocycles. The van der Waals surface area contributed by atoms with E-state index in [9.17, 15) is 9.18 Å². The maximum absolute atomic E-state index is 12.5. The fourth-order valence-electron chi connectivity index (χ4n) is 0.705. The zero-order valence-corrected chi connectivity index (χ0v) is 7.72. The van der Waals surface area contributed by atoms with Crippen LogP contribution in [0.5, 0.6) is 6.01 Å². The van der Waals surface area contributed by atoms with Crippen molar-refractivity contribution in [2.75, 3.05) is 0 Å². The van der Waals surface area contributed by atoms with Crippen LogP contribution in [-0.4, -0.2) is 15.6 Å². The number of nitrogens with zero attached hydrogens (tertiary/aromatic N) is 1. The molecule has 0 aliphatic heterocycles. The van der Waals surface area contributed by atoms with Crippen molar-refractivity contribution in [3.63, 3.8) is 0 Å².